The number of likely N-dealkylation sites (tertiary alicyclic amines) is 1. The number of rotatable bonds is 6. The Balaban J connectivity index is 1.86. The Morgan fingerprint density at radius 2 is 1.93 bits per heavy atom. The second-order valence-electron chi connectivity index (χ2n) is 7.99. The number of terminal acetylenes is 1. The molecule has 2 heterocycles. The minimum atomic E-state index is -0.517. The maximum Gasteiger partial charge on any atom is 0.410 e. The highest BCUT2D eigenvalue weighted by Crippen LogP contribution is 2.25. The molecule has 2 rings (SSSR count). The second kappa shape index (κ2) is 10.0. The zero-order valence-corrected chi connectivity index (χ0v) is 17.4. The molecule has 1 aromatic rings. The van der Waals surface area contributed by atoms with E-state index in [4.69, 9.17) is 11.2 Å². The maximum atomic E-state index is 12.5. The van der Waals surface area contributed by atoms with Crippen LogP contribution in [0, 0.1) is 12.3 Å². The van der Waals surface area contributed by atoms with Crippen LogP contribution in [0.25, 0.3) is 0 Å². The lowest BCUT2D eigenvalue weighted by Crippen LogP contribution is -2.42. The van der Waals surface area contributed by atoms with Crippen LogP contribution in [0.5, 0.6) is 0 Å². The van der Waals surface area contributed by atoms with Gasteiger partial charge in [0, 0.05) is 38.3 Å². The summed E-state index contributed by atoms with van der Waals surface area (Å²) in [6.45, 7) is 7.11. The Hall–Kier alpha value is -2.95. The van der Waals surface area contributed by atoms with E-state index >= 15 is 0 Å². The van der Waals surface area contributed by atoms with Gasteiger partial charge in [-0.3, -0.25) is 9.59 Å². The summed E-state index contributed by atoms with van der Waals surface area (Å²) in [6.07, 6.45) is 8.31. The van der Waals surface area contributed by atoms with Crippen LogP contribution in [0.15, 0.2) is 18.3 Å². The van der Waals surface area contributed by atoms with Gasteiger partial charge in [-0.1, -0.05) is 5.92 Å². The molecule has 8 nitrogen and oxygen atoms in total. The highest BCUT2D eigenvalue weighted by molar-refractivity contribution is 5.93. The van der Waals surface area contributed by atoms with Gasteiger partial charge in [0.2, 0.25) is 5.91 Å². The molecular formula is C21H30N4O4. The predicted molar refractivity (Wildman–Crippen MR) is 109 cm³/mol. The van der Waals surface area contributed by atoms with Gasteiger partial charge in [0.1, 0.15) is 11.3 Å². The maximum absolute atomic E-state index is 12.5. The highest BCUT2D eigenvalue weighted by Gasteiger charge is 2.28. The Kier molecular flexibility index (Phi) is 7.71. The molecule has 0 radical (unpaired) electrons. The quantitative estimate of drug-likeness (QED) is 0.711. The summed E-state index contributed by atoms with van der Waals surface area (Å²) in [6, 6.07) is 3.71. The summed E-state index contributed by atoms with van der Waals surface area (Å²) < 4.78 is 7.37. The Morgan fingerprint density at radius 1 is 1.24 bits per heavy atom. The van der Waals surface area contributed by atoms with E-state index in [1.54, 1.807) is 11.0 Å². The first-order chi connectivity index (χ1) is 13.7. The molecule has 158 valence electrons. The Morgan fingerprint density at radius 3 is 2.55 bits per heavy atom. The van der Waals surface area contributed by atoms with E-state index in [0.717, 1.165) is 12.8 Å². The van der Waals surface area contributed by atoms with Gasteiger partial charge in [0.05, 0.1) is 6.54 Å². The molecule has 0 spiro atoms. The Bertz CT molecular complexity index is 764. The summed E-state index contributed by atoms with van der Waals surface area (Å²) >= 11 is 0. The number of hydrogen-bond acceptors (Lipinski definition) is 4. The van der Waals surface area contributed by atoms with E-state index in [1.165, 1.54) is 0 Å². The van der Waals surface area contributed by atoms with Crippen LogP contribution in [-0.4, -0.2) is 59.2 Å². The van der Waals surface area contributed by atoms with E-state index in [1.807, 2.05) is 37.6 Å². The number of carbonyl (C=O) groups is 3. The molecule has 0 unspecified atom stereocenters. The van der Waals surface area contributed by atoms with E-state index in [9.17, 15) is 14.4 Å². The number of ether oxygens (including phenoxy) is 1. The van der Waals surface area contributed by atoms with Crippen LogP contribution in [0.4, 0.5) is 4.79 Å². The molecule has 8 heteroatoms. The topological polar surface area (TPSA) is 92.7 Å². The van der Waals surface area contributed by atoms with Crippen molar-refractivity contribution in [3.05, 3.63) is 24.0 Å². The largest absolute Gasteiger partial charge is 0.444 e. The molecule has 0 saturated carbocycles. The lowest BCUT2D eigenvalue weighted by atomic mass is 10.0. The predicted octanol–water partition coefficient (Wildman–Crippen LogP) is 1.93. The Labute approximate surface area is 172 Å². The van der Waals surface area contributed by atoms with Gasteiger partial charge < -0.3 is 24.8 Å². The van der Waals surface area contributed by atoms with Crippen LogP contribution in [-0.2, 0) is 9.53 Å². The number of piperidine rings is 1. The molecule has 2 N–H and O–H groups in total. The lowest BCUT2D eigenvalue weighted by Gasteiger charge is -2.34. The number of hydrogen-bond donors (Lipinski definition) is 2. The van der Waals surface area contributed by atoms with E-state index in [0.29, 0.717) is 18.8 Å². The molecule has 1 aliphatic heterocycles. The molecule has 1 aliphatic rings. The molecular weight excluding hydrogens is 372 g/mol. The SMILES string of the molecule is C#CCNC(=O)CCNC(=O)c1cccn1C1CCN(C(=O)OC(C)(C)C)CC1. The summed E-state index contributed by atoms with van der Waals surface area (Å²) in [5.74, 6) is 1.90. The number of nitrogens with one attached hydrogen (secondary N) is 2. The van der Waals surface area contributed by atoms with Crippen LogP contribution in [0.2, 0.25) is 0 Å². The standard InChI is InChI=1S/C21H30N4O4/c1-5-11-22-18(26)8-12-23-19(27)17-7-6-13-25(17)16-9-14-24(15-10-16)20(28)29-21(2,3)4/h1,6-7,13,16H,8-12,14-15H2,2-4H3,(H,22,26)(H,23,27). The van der Waals surface area contributed by atoms with E-state index in [2.05, 4.69) is 16.6 Å². The number of carbonyl (C=O) groups excluding carboxylic acids is 3. The molecule has 0 aliphatic carbocycles. The van der Waals surface area contributed by atoms with Crippen LogP contribution < -0.4 is 10.6 Å². The zero-order valence-electron chi connectivity index (χ0n) is 17.4. The zero-order chi connectivity index (χ0) is 21.4. The van der Waals surface area contributed by atoms with Gasteiger partial charge in [-0.15, -0.1) is 6.42 Å². The molecule has 29 heavy (non-hydrogen) atoms. The van der Waals surface area contributed by atoms with Crippen LogP contribution in [0.1, 0.15) is 56.6 Å². The first-order valence-electron chi connectivity index (χ1n) is 9.84. The van der Waals surface area contributed by atoms with Gasteiger partial charge >= 0.3 is 6.09 Å². The fourth-order valence-corrected chi connectivity index (χ4v) is 3.18. The van der Waals surface area contributed by atoms with E-state index in [-0.39, 0.29) is 43.5 Å². The number of nitrogens with zero attached hydrogens (tertiary/aromatic N) is 2. The average molecular weight is 402 g/mol. The first-order valence-corrected chi connectivity index (χ1v) is 9.84. The normalized spacial score (nSPS) is 14.8. The summed E-state index contributed by atoms with van der Waals surface area (Å²) in [7, 11) is 0. The highest BCUT2D eigenvalue weighted by atomic mass is 16.6. The minimum absolute atomic E-state index is 0.128. The third-order valence-corrected chi connectivity index (χ3v) is 4.55. The van der Waals surface area contributed by atoms with Gasteiger partial charge in [-0.05, 0) is 45.7 Å². The van der Waals surface area contributed by atoms with Crippen molar-refractivity contribution in [2.24, 2.45) is 0 Å². The summed E-state index contributed by atoms with van der Waals surface area (Å²) in [4.78, 5) is 38.0. The van der Waals surface area contributed by atoms with Crippen molar-refractivity contribution in [1.29, 1.82) is 0 Å². The monoisotopic (exact) mass is 402 g/mol. The molecule has 1 fully saturated rings. The van der Waals surface area contributed by atoms with Crippen LogP contribution in [0.3, 0.4) is 0 Å². The fourth-order valence-electron chi connectivity index (χ4n) is 3.18. The van der Waals surface area contributed by atoms with Crippen molar-refractivity contribution in [2.75, 3.05) is 26.2 Å². The lowest BCUT2D eigenvalue weighted by molar-refractivity contribution is -0.120. The summed E-state index contributed by atoms with van der Waals surface area (Å²) in [5.41, 5.74) is 0.0295. The van der Waals surface area contributed by atoms with Crippen molar-refractivity contribution < 1.29 is 19.1 Å². The van der Waals surface area contributed by atoms with Crippen LogP contribution >= 0.6 is 0 Å². The van der Waals surface area contributed by atoms with Gasteiger partial charge in [0.15, 0.2) is 0 Å². The smallest absolute Gasteiger partial charge is 0.410 e. The fraction of sp³-hybridized carbons (Fsp3) is 0.571. The average Bonchev–Trinajstić information content (AvgIpc) is 3.15. The van der Waals surface area contributed by atoms with Crippen molar-refractivity contribution in [3.63, 3.8) is 0 Å². The van der Waals surface area contributed by atoms with Crippen molar-refractivity contribution in [2.45, 2.75) is 51.7 Å². The molecule has 1 saturated heterocycles. The molecule has 0 bridgehead atoms. The van der Waals surface area contributed by atoms with E-state index < -0.39 is 5.60 Å². The van der Waals surface area contributed by atoms with Gasteiger partial charge in [-0.2, -0.15) is 0 Å². The van der Waals surface area contributed by atoms with Crippen molar-refractivity contribution >= 4 is 17.9 Å². The second-order valence-corrected chi connectivity index (χ2v) is 7.99. The van der Waals surface area contributed by atoms with Crippen molar-refractivity contribution in [3.8, 4) is 12.3 Å². The number of aromatic nitrogens is 1. The van der Waals surface area contributed by atoms with Gasteiger partial charge in [0.25, 0.3) is 5.91 Å². The summed E-state index contributed by atoms with van der Waals surface area (Å²) in [5, 5.41) is 5.33. The first kappa shape index (κ1) is 22.3. The minimum Gasteiger partial charge on any atom is -0.444 e. The number of amides is 3. The molecule has 1 aromatic heterocycles. The molecule has 0 atom stereocenters. The van der Waals surface area contributed by atoms with Gasteiger partial charge in [-0.25, -0.2) is 4.79 Å². The van der Waals surface area contributed by atoms with Crippen molar-refractivity contribution in [1.82, 2.24) is 20.1 Å². The third-order valence-electron chi connectivity index (χ3n) is 4.55. The molecule has 3 amide bonds. The molecule has 0 aromatic carbocycles. The third kappa shape index (κ3) is 6.86.